The number of carbonyl (C=O) groups excluding carboxylic acids is 1. The maximum Gasteiger partial charge on any atom is 0.310 e. The van der Waals surface area contributed by atoms with Gasteiger partial charge in [0.2, 0.25) is 0 Å². The highest BCUT2D eigenvalue weighted by atomic mass is 16.5. The molecule has 0 fully saturated rings. The molecule has 94 valence electrons. The van der Waals surface area contributed by atoms with Gasteiger partial charge in [-0.1, -0.05) is 42.5 Å². The van der Waals surface area contributed by atoms with Gasteiger partial charge in [-0.3, -0.25) is 4.79 Å². The molecule has 0 bridgehead atoms. The van der Waals surface area contributed by atoms with Crippen molar-refractivity contribution in [2.24, 2.45) is 0 Å². The molecular formula is C16H13NO2. The molecule has 2 aromatic rings. The summed E-state index contributed by atoms with van der Waals surface area (Å²) >= 11 is 0. The quantitative estimate of drug-likeness (QED) is 0.785. The molecule has 0 unspecified atom stereocenters. The smallest absolute Gasteiger partial charge is 0.310 e. The molecule has 0 saturated heterocycles. The Balaban J connectivity index is 1.85. The minimum atomic E-state index is -0.254. The zero-order valence-corrected chi connectivity index (χ0v) is 10.4. The number of carbonyl (C=O) groups is 1. The van der Waals surface area contributed by atoms with Crippen molar-refractivity contribution in [1.82, 2.24) is 0 Å². The van der Waals surface area contributed by atoms with Crippen LogP contribution in [0.2, 0.25) is 0 Å². The normalized spacial score (nSPS) is 9.63. The third-order valence-electron chi connectivity index (χ3n) is 2.67. The van der Waals surface area contributed by atoms with Crippen molar-refractivity contribution < 1.29 is 9.53 Å². The fourth-order valence-electron chi connectivity index (χ4n) is 1.65. The van der Waals surface area contributed by atoms with Crippen molar-refractivity contribution in [3.05, 3.63) is 71.3 Å². The predicted octanol–water partition coefficient (Wildman–Crippen LogP) is 2.84. The molecule has 0 N–H and O–H groups in total. The summed E-state index contributed by atoms with van der Waals surface area (Å²) in [5.74, 6) is -0.254. The van der Waals surface area contributed by atoms with Gasteiger partial charge in [0.25, 0.3) is 0 Å². The van der Waals surface area contributed by atoms with Gasteiger partial charge in [0, 0.05) is 0 Å². The highest BCUT2D eigenvalue weighted by Crippen LogP contribution is 2.06. The van der Waals surface area contributed by atoms with E-state index in [0.29, 0.717) is 5.56 Å². The maximum absolute atomic E-state index is 11.6. The van der Waals surface area contributed by atoms with E-state index >= 15 is 0 Å². The summed E-state index contributed by atoms with van der Waals surface area (Å²) in [6.07, 6.45) is 0.275. The summed E-state index contributed by atoms with van der Waals surface area (Å²) in [6, 6.07) is 18.5. The van der Waals surface area contributed by atoms with Crippen molar-refractivity contribution in [3.63, 3.8) is 0 Å². The first-order valence-electron chi connectivity index (χ1n) is 5.96. The Morgan fingerprint density at radius 1 is 1.00 bits per heavy atom. The lowest BCUT2D eigenvalue weighted by molar-refractivity contribution is -0.144. The summed E-state index contributed by atoms with van der Waals surface area (Å²) in [5, 5.41) is 8.68. The zero-order valence-electron chi connectivity index (χ0n) is 10.4. The lowest BCUT2D eigenvalue weighted by atomic mass is 10.1. The molecule has 3 heteroatoms. The molecule has 2 rings (SSSR count). The van der Waals surface area contributed by atoms with Crippen LogP contribution in [0.5, 0.6) is 0 Å². The molecule has 19 heavy (non-hydrogen) atoms. The van der Waals surface area contributed by atoms with E-state index in [0.717, 1.165) is 11.1 Å². The molecule has 0 spiro atoms. The Morgan fingerprint density at radius 3 is 2.32 bits per heavy atom. The van der Waals surface area contributed by atoms with E-state index in [1.165, 1.54) is 0 Å². The van der Waals surface area contributed by atoms with Crippen LogP contribution in [-0.4, -0.2) is 5.97 Å². The van der Waals surface area contributed by atoms with Crippen molar-refractivity contribution in [3.8, 4) is 6.07 Å². The van der Waals surface area contributed by atoms with Gasteiger partial charge in [0.15, 0.2) is 0 Å². The Kier molecular flexibility index (Phi) is 4.30. The molecule has 0 aliphatic carbocycles. The molecule has 0 aliphatic heterocycles. The number of nitriles is 1. The van der Waals surface area contributed by atoms with Gasteiger partial charge in [0.1, 0.15) is 6.61 Å². The van der Waals surface area contributed by atoms with Crippen LogP contribution in [0.4, 0.5) is 0 Å². The van der Waals surface area contributed by atoms with Crippen LogP contribution in [0.1, 0.15) is 16.7 Å². The van der Waals surface area contributed by atoms with Crippen LogP contribution in [0.3, 0.4) is 0 Å². The SMILES string of the molecule is N#Cc1ccc(COC(=O)Cc2ccccc2)cc1. The van der Waals surface area contributed by atoms with Gasteiger partial charge in [-0.15, -0.1) is 0 Å². The minimum absolute atomic E-state index is 0.234. The first-order valence-corrected chi connectivity index (χ1v) is 5.96. The van der Waals surface area contributed by atoms with Crippen LogP contribution in [0, 0.1) is 11.3 Å². The van der Waals surface area contributed by atoms with Gasteiger partial charge in [0.05, 0.1) is 18.1 Å². The molecule has 0 aromatic heterocycles. The number of rotatable bonds is 4. The number of benzene rings is 2. The second-order valence-electron chi connectivity index (χ2n) is 4.13. The van der Waals surface area contributed by atoms with E-state index in [1.54, 1.807) is 24.3 Å². The minimum Gasteiger partial charge on any atom is -0.461 e. The number of ether oxygens (including phenoxy) is 1. The highest BCUT2D eigenvalue weighted by molar-refractivity contribution is 5.72. The standard InChI is InChI=1S/C16H13NO2/c17-11-14-6-8-15(9-7-14)12-19-16(18)10-13-4-2-1-3-5-13/h1-9H,10,12H2. The van der Waals surface area contributed by atoms with E-state index < -0.39 is 0 Å². The first kappa shape index (κ1) is 12.8. The number of hydrogen-bond donors (Lipinski definition) is 0. The van der Waals surface area contributed by atoms with Crippen LogP contribution >= 0.6 is 0 Å². The Labute approximate surface area is 112 Å². The molecule has 0 amide bonds. The van der Waals surface area contributed by atoms with Crippen molar-refractivity contribution in [2.45, 2.75) is 13.0 Å². The van der Waals surface area contributed by atoms with Gasteiger partial charge < -0.3 is 4.74 Å². The Bertz CT molecular complexity index is 582. The van der Waals surface area contributed by atoms with Gasteiger partial charge in [-0.25, -0.2) is 0 Å². The van der Waals surface area contributed by atoms with Crippen molar-refractivity contribution in [2.75, 3.05) is 0 Å². The number of esters is 1. The lowest BCUT2D eigenvalue weighted by Gasteiger charge is -2.05. The molecule has 0 saturated carbocycles. The van der Waals surface area contributed by atoms with Gasteiger partial charge >= 0.3 is 5.97 Å². The fraction of sp³-hybridized carbons (Fsp3) is 0.125. The summed E-state index contributed by atoms with van der Waals surface area (Å²) in [7, 11) is 0. The summed E-state index contributed by atoms with van der Waals surface area (Å²) < 4.78 is 5.18. The second-order valence-corrected chi connectivity index (χ2v) is 4.13. The maximum atomic E-state index is 11.6. The molecule has 0 radical (unpaired) electrons. The fourth-order valence-corrected chi connectivity index (χ4v) is 1.65. The molecular weight excluding hydrogens is 238 g/mol. The summed E-state index contributed by atoms with van der Waals surface area (Å²) in [6.45, 7) is 0.234. The zero-order chi connectivity index (χ0) is 13.5. The Hall–Kier alpha value is -2.60. The molecule has 0 heterocycles. The number of hydrogen-bond acceptors (Lipinski definition) is 3. The summed E-state index contributed by atoms with van der Waals surface area (Å²) in [4.78, 5) is 11.6. The monoisotopic (exact) mass is 251 g/mol. The van der Waals surface area contributed by atoms with Crippen LogP contribution in [0.15, 0.2) is 54.6 Å². The van der Waals surface area contributed by atoms with E-state index in [2.05, 4.69) is 0 Å². The average Bonchev–Trinajstić information content (AvgIpc) is 2.47. The topological polar surface area (TPSA) is 50.1 Å². The third kappa shape index (κ3) is 3.97. The van der Waals surface area contributed by atoms with Gasteiger partial charge in [-0.2, -0.15) is 5.26 Å². The highest BCUT2D eigenvalue weighted by Gasteiger charge is 2.04. The largest absolute Gasteiger partial charge is 0.461 e. The van der Waals surface area contributed by atoms with Crippen LogP contribution in [-0.2, 0) is 22.6 Å². The van der Waals surface area contributed by atoms with E-state index in [9.17, 15) is 4.79 Å². The van der Waals surface area contributed by atoms with Crippen molar-refractivity contribution >= 4 is 5.97 Å². The average molecular weight is 251 g/mol. The number of nitrogens with zero attached hydrogens (tertiary/aromatic N) is 1. The predicted molar refractivity (Wildman–Crippen MR) is 71.1 cm³/mol. The molecule has 0 atom stereocenters. The molecule has 0 aliphatic rings. The summed E-state index contributed by atoms with van der Waals surface area (Å²) in [5.41, 5.74) is 2.41. The van der Waals surface area contributed by atoms with E-state index in [4.69, 9.17) is 10.00 Å². The first-order chi connectivity index (χ1) is 9.28. The van der Waals surface area contributed by atoms with E-state index in [-0.39, 0.29) is 19.0 Å². The second kappa shape index (κ2) is 6.36. The molecule has 2 aromatic carbocycles. The third-order valence-corrected chi connectivity index (χ3v) is 2.67. The van der Waals surface area contributed by atoms with Crippen molar-refractivity contribution in [1.29, 1.82) is 5.26 Å². The Morgan fingerprint density at radius 2 is 1.68 bits per heavy atom. The van der Waals surface area contributed by atoms with Crippen LogP contribution < -0.4 is 0 Å². The van der Waals surface area contributed by atoms with Crippen LogP contribution in [0.25, 0.3) is 0 Å². The molecule has 3 nitrogen and oxygen atoms in total. The van der Waals surface area contributed by atoms with E-state index in [1.807, 2.05) is 36.4 Å². The lowest BCUT2D eigenvalue weighted by Crippen LogP contribution is -2.07. The van der Waals surface area contributed by atoms with Gasteiger partial charge in [-0.05, 0) is 23.3 Å².